The van der Waals surface area contributed by atoms with Crippen LogP contribution < -0.4 is 5.32 Å². The summed E-state index contributed by atoms with van der Waals surface area (Å²) in [6.45, 7) is 13.3. The van der Waals surface area contributed by atoms with E-state index in [9.17, 15) is 4.79 Å². The summed E-state index contributed by atoms with van der Waals surface area (Å²) in [5.41, 5.74) is 5.48. The Morgan fingerprint density at radius 3 is 2.50 bits per heavy atom. The molecule has 0 saturated heterocycles. The number of hydrogen-bond acceptors (Lipinski definition) is 4. The third kappa shape index (κ3) is 9.31. The summed E-state index contributed by atoms with van der Waals surface area (Å²) >= 11 is 0. The Hall–Kier alpha value is -2.53. The lowest BCUT2D eigenvalue weighted by molar-refractivity contribution is -0.114. The van der Waals surface area contributed by atoms with Crippen LogP contribution in [0.1, 0.15) is 51.2 Å². The lowest BCUT2D eigenvalue weighted by atomic mass is 10.0. The van der Waals surface area contributed by atoms with Crippen molar-refractivity contribution in [1.29, 1.82) is 0 Å². The molecule has 1 aromatic carbocycles. The minimum atomic E-state index is -0.146. The van der Waals surface area contributed by atoms with Gasteiger partial charge in [-0.1, -0.05) is 30.8 Å². The molecule has 0 spiro atoms. The summed E-state index contributed by atoms with van der Waals surface area (Å²) in [5.74, 6) is -0.146. The van der Waals surface area contributed by atoms with E-state index >= 15 is 0 Å². The van der Waals surface area contributed by atoms with E-state index in [0.29, 0.717) is 18.0 Å². The fourth-order valence-corrected chi connectivity index (χ4v) is 3.09. The van der Waals surface area contributed by atoms with Crippen molar-refractivity contribution in [2.75, 3.05) is 27.2 Å². The third-order valence-corrected chi connectivity index (χ3v) is 4.76. The topological polar surface area (TPSA) is 57.1 Å². The molecule has 0 radical (unpaired) electrons. The first-order chi connectivity index (χ1) is 14.3. The molecule has 0 saturated carbocycles. The van der Waals surface area contributed by atoms with Crippen molar-refractivity contribution in [2.45, 2.75) is 53.4 Å². The van der Waals surface area contributed by atoms with Crippen molar-refractivity contribution in [2.24, 2.45) is 9.98 Å². The SMILES string of the molecule is C=C(C)C(/N=C(\C)C(=O)NCCCN(C)C)=C(CCCc1ccccc1C)\N=C/C. The van der Waals surface area contributed by atoms with E-state index in [4.69, 9.17) is 0 Å². The third-order valence-electron chi connectivity index (χ3n) is 4.76. The normalized spacial score (nSPS) is 13.0. The van der Waals surface area contributed by atoms with Gasteiger partial charge in [0.05, 0.1) is 11.4 Å². The Balaban J connectivity index is 2.90. The van der Waals surface area contributed by atoms with Crippen molar-refractivity contribution in [3.63, 3.8) is 0 Å². The van der Waals surface area contributed by atoms with Crippen LogP contribution in [0.3, 0.4) is 0 Å². The van der Waals surface area contributed by atoms with E-state index < -0.39 is 0 Å². The molecule has 5 nitrogen and oxygen atoms in total. The Bertz CT molecular complexity index is 803. The van der Waals surface area contributed by atoms with Crippen LogP contribution in [0.2, 0.25) is 0 Å². The molecular weight excluding hydrogens is 372 g/mol. The first-order valence-electron chi connectivity index (χ1n) is 10.7. The highest BCUT2D eigenvalue weighted by molar-refractivity contribution is 6.38. The smallest absolute Gasteiger partial charge is 0.265 e. The van der Waals surface area contributed by atoms with Gasteiger partial charge in [0, 0.05) is 12.8 Å². The Labute approximate surface area is 182 Å². The first kappa shape index (κ1) is 25.5. The second-order valence-electron chi connectivity index (χ2n) is 7.85. The molecule has 5 heteroatoms. The van der Waals surface area contributed by atoms with Crippen molar-refractivity contribution in [3.05, 3.63) is 58.9 Å². The Morgan fingerprint density at radius 2 is 1.90 bits per heavy atom. The predicted molar refractivity (Wildman–Crippen MR) is 129 cm³/mol. The van der Waals surface area contributed by atoms with Crippen molar-refractivity contribution < 1.29 is 4.79 Å². The molecule has 0 heterocycles. The molecule has 0 bridgehead atoms. The number of carbonyl (C=O) groups excluding carboxylic acids is 1. The molecule has 1 amide bonds. The summed E-state index contributed by atoms with van der Waals surface area (Å²) in [6.07, 6.45) is 5.40. The Morgan fingerprint density at radius 1 is 1.20 bits per heavy atom. The lowest BCUT2D eigenvalue weighted by Crippen LogP contribution is -2.31. The summed E-state index contributed by atoms with van der Waals surface area (Å²) in [7, 11) is 4.04. The van der Waals surface area contributed by atoms with Gasteiger partial charge in [-0.2, -0.15) is 0 Å². The average Bonchev–Trinajstić information content (AvgIpc) is 2.69. The number of hydrogen-bond donors (Lipinski definition) is 1. The van der Waals surface area contributed by atoms with E-state index in [1.54, 1.807) is 13.1 Å². The number of nitrogens with zero attached hydrogens (tertiary/aromatic N) is 3. The first-order valence-corrected chi connectivity index (χ1v) is 10.7. The molecular formula is C25H38N4O. The largest absolute Gasteiger partial charge is 0.351 e. The zero-order valence-corrected chi connectivity index (χ0v) is 19.6. The standard InChI is InChI=1S/C25H38N4O/c1-8-26-23(16-11-15-22-14-10-9-13-20(22)4)24(19(2)3)28-21(5)25(30)27-17-12-18-29(6)7/h8-10,13-14H,2,11-12,15-18H2,1,3-7H3,(H,27,30)/b24-23+,26-8-,28-21+. The van der Waals surface area contributed by atoms with Crippen LogP contribution in [0.15, 0.2) is 57.8 Å². The van der Waals surface area contributed by atoms with E-state index in [-0.39, 0.29) is 5.91 Å². The fraction of sp³-hybridized carbons (Fsp3) is 0.480. The zero-order valence-electron chi connectivity index (χ0n) is 19.6. The highest BCUT2D eigenvalue weighted by Crippen LogP contribution is 2.22. The van der Waals surface area contributed by atoms with Gasteiger partial charge in [-0.3, -0.25) is 9.79 Å². The molecule has 0 unspecified atom stereocenters. The molecule has 164 valence electrons. The second kappa shape index (κ2) is 13.6. The summed E-state index contributed by atoms with van der Waals surface area (Å²) < 4.78 is 0. The minimum absolute atomic E-state index is 0.146. The van der Waals surface area contributed by atoms with Gasteiger partial charge in [0.25, 0.3) is 5.91 Å². The maximum atomic E-state index is 12.4. The summed E-state index contributed by atoms with van der Waals surface area (Å²) in [5, 5.41) is 2.94. The maximum Gasteiger partial charge on any atom is 0.265 e. The van der Waals surface area contributed by atoms with Crippen LogP contribution >= 0.6 is 0 Å². The second-order valence-corrected chi connectivity index (χ2v) is 7.85. The molecule has 0 fully saturated rings. The molecule has 1 rings (SSSR count). The molecule has 0 aliphatic heterocycles. The van der Waals surface area contributed by atoms with Gasteiger partial charge in [-0.05, 0) is 90.7 Å². The molecule has 1 N–H and O–H groups in total. The van der Waals surface area contributed by atoms with Gasteiger partial charge in [0.2, 0.25) is 0 Å². The van der Waals surface area contributed by atoms with E-state index in [0.717, 1.165) is 43.5 Å². The van der Waals surface area contributed by atoms with Crippen LogP contribution in [0.25, 0.3) is 0 Å². The monoisotopic (exact) mass is 410 g/mol. The fourth-order valence-electron chi connectivity index (χ4n) is 3.09. The van der Waals surface area contributed by atoms with Crippen LogP contribution in [0.5, 0.6) is 0 Å². The molecule has 1 aromatic rings. The number of allylic oxidation sites excluding steroid dienone is 2. The van der Waals surface area contributed by atoms with Crippen LogP contribution in [-0.4, -0.2) is 49.9 Å². The van der Waals surface area contributed by atoms with Gasteiger partial charge in [-0.25, -0.2) is 4.99 Å². The van der Waals surface area contributed by atoms with Crippen molar-refractivity contribution in [1.82, 2.24) is 10.2 Å². The Kier molecular flexibility index (Phi) is 11.6. The highest BCUT2D eigenvalue weighted by Gasteiger charge is 2.11. The number of benzene rings is 1. The number of nitrogens with one attached hydrogen (secondary N) is 1. The van der Waals surface area contributed by atoms with Gasteiger partial charge in [0.15, 0.2) is 0 Å². The molecule has 30 heavy (non-hydrogen) atoms. The summed E-state index contributed by atoms with van der Waals surface area (Å²) in [6, 6.07) is 8.45. The van der Waals surface area contributed by atoms with Gasteiger partial charge in [0.1, 0.15) is 5.71 Å². The lowest BCUT2D eigenvalue weighted by Gasteiger charge is -2.12. The van der Waals surface area contributed by atoms with Crippen LogP contribution in [0.4, 0.5) is 0 Å². The summed E-state index contributed by atoms with van der Waals surface area (Å²) in [4.78, 5) is 23.7. The van der Waals surface area contributed by atoms with Gasteiger partial charge in [-0.15, -0.1) is 0 Å². The number of amides is 1. The molecule has 0 aromatic heterocycles. The highest BCUT2D eigenvalue weighted by atomic mass is 16.1. The molecule has 0 aliphatic rings. The van der Waals surface area contributed by atoms with Crippen molar-refractivity contribution >= 4 is 17.8 Å². The van der Waals surface area contributed by atoms with E-state index in [1.165, 1.54) is 11.1 Å². The zero-order chi connectivity index (χ0) is 22.5. The van der Waals surface area contributed by atoms with Crippen molar-refractivity contribution in [3.8, 4) is 0 Å². The van der Waals surface area contributed by atoms with Crippen LogP contribution in [0, 0.1) is 6.92 Å². The predicted octanol–water partition coefficient (Wildman–Crippen LogP) is 4.72. The average molecular weight is 411 g/mol. The number of rotatable bonds is 12. The number of aliphatic imine (C=N–C) groups is 2. The molecule has 0 atom stereocenters. The number of aryl methyl sites for hydroxylation is 2. The number of carbonyl (C=O) groups is 1. The van der Waals surface area contributed by atoms with Crippen LogP contribution in [-0.2, 0) is 11.2 Å². The van der Waals surface area contributed by atoms with Gasteiger partial charge >= 0.3 is 0 Å². The quantitative estimate of drug-likeness (QED) is 0.308. The van der Waals surface area contributed by atoms with E-state index in [1.807, 2.05) is 27.9 Å². The maximum absolute atomic E-state index is 12.4. The minimum Gasteiger partial charge on any atom is -0.351 e. The van der Waals surface area contributed by atoms with E-state index in [2.05, 4.69) is 58.0 Å². The van der Waals surface area contributed by atoms with Gasteiger partial charge < -0.3 is 10.2 Å². The molecule has 0 aliphatic carbocycles.